The summed E-state index contributed by atoms with van der Waals surface area (Å²) in [6, 6.07) is -5.49. The van der Waals surface area contributed by atoms with Gasteiger partial charge in [-0.3, -0.25) is 14.4 Å². The number of ether oxygens (including phenoxy) is 15. The highest BCUT2D eigenvalue weighted by Gasteiger charge is 2.60. The fourth-order valence-corrected chi connectivity index (χ4v) is 12.4. The molecule has 0 saturated carbocycles. The number of carbonyl (C=O) groups is 3. The van der Waals surface area contributed by atoms with E-state index in [2.05, 4.69) is 16.0 Å². The Kier molecular flexibility index (Phi) is 28.3. The Morgan fingerprint density at radius 3 is 1.09 bits per heavy atom. The van der Waals surface area contributed by atoms with Crippen molar-refractivity contribution in [2.24, 2.45) is 0 Å². The Bertz CT molecular complexity index is 2490. The number of aliphatic hydroxyl groups excluding tert-OH is 22. The van der Waals surface area contributed by atoms with Crippen LogP contribution in [0.15, 0.2) is 0 Å². The Labute approximate surface area is 549 Å². The van der Waals surface area contributed by atoms with Crippen LogP contribution in [-0.2, 0) is 85.4 Å². The maximum Gasteiger partial charge on any atom is 0.217 e. The topological polar surface area (TPSA) is 671 Å². The zero-order valence-corrected chi connectivity index (χ0v) is 52.2. The molecule has 8 saturated heterocycles. The molecule has 0 bridgehead atoms. The van der Waals surface area contributed by atoms with Crippen LogP contribution < -0.4 is 16.0 Å². The van der Waals surface area contributed by atoms with Crippen molar-refractivity contribution in [3.63, 3.8) is 0 Å². The molecule has 43 nitrogen and oxygen atoms in total. The molecule has 0 spiro atoms. The van der Waals surface area contributed by atoms with Gasteiger partial charge in [0.1, 0.15) is 189 Å². The van der Waals surface area contributed by atoms with E-state index in [0.717, 1.165) is 20.8 Å². The summed E-state index contributed by atoms with van der Waals surface area (Å²) in [5.41, 5.74) is 0. The van der Waals surface area contributed by atoms with Crippen LogP contribution in [0.25, 0.3) is 0 Å². The van der Waals surface area contributed by atoms with E-state index in [9.17, 15) is 127 Å². The van der Waals surface area contributed by atoms with Gasteiger partial charge in [-0.2, -0.15) is 0 Å². The smallest absolute Gasteiger partial charge is 0.217 e. The van der Waals surface area contributed by atoms with Gasteiger partial charge >= 0.3 is 0 Å². The van der Waals surface area contributed by atoms with Crippen LogP contribution in [0.3, 0.4) is 0 Å². The van der Waals surface area contributed by atoms with Gasteiger partial charge in [0.15, 0.2) is 50.3 Å². The lowest BCUT2D eigenvalue weighted by atomic mass is 9.93. The van der Waals surface area contributed by atoms with Crippen molar-refractivity contribution in [3.05, 3.63) is 0 Å². The summed E-state index contributed by atoms with van der Waals surface area (Å²) >= 11 is 0. The van der Waals surface area contributed by atoms with Crippen LogP contribution in [0.2, 0.25) is 0 Å². The Hall–Kier alpha value is -3.07. The summed E-state index contributed by atoms with van der Waals surface area (Å²) in [6.45, 7) is -2.78. The molecule has 8 aliphatic rings. The number of amides is 3. The number of aliphatic hydroxyl groups is 22. The monoisotopic (exact) mass is 1420 g/mol. The first-order valence-electron chi connectivity index (χ1n) is 31.0. The second-order valence-corrected chi connectivity index (χ2v) is 24.6. The molecule has 8 fully saturated rings. The van der Waals surface area contributed by atoms with Crippen molar-refractivity contribution >= 4 is 17.7 Å². The molecule has 0 aromatic rings. The van der Waals surface area contributed by atoms with E-state index in [-0.39, 0.29) is 0 Å². The van der Waals surface area contributed by atoms with Crippen LogP contribution in [-0.4, -0.2) is 422 Å². The minimum Gasteiger partial charge on any atom is -0.394 e. The first-order valence-corrected chi connectivity index (χ1v) is 31.0. The zero-order valence-electron chi connectivity index (χ0n) is 52.2. The molecule has 0 aromatic heterocycles. The van der Waals surface area contributed by atoms with E-state index in [1.54, 1.807) is 0 Å². The minimum absolute atomic E-state index is 0.795. The predicted molar refractivity (Wildman–Crippen MR) is 298 cm³/mol. The van der Waals surface area contributed by atoms with Crippen molar-refractivity contribution in [1.82, 2.24) is 16.0 Å². The van der Waals surface area contributed by atoms with E-state index in [4.69, 9.17) is 71.1 Å². The molecule has 0 unspecified atom stereocenters. The summed E-state index contributed by atoms with van der Waals surface area (Å²) in [7, 11) is 0. The van der Waals surface area contributed by atoms with Crippen molar-refractivity contribution in [2.75, 3.05) is 46.2 Å². The van der Waals surface area contributed by atoms with E-state index in [1.807, 2.05) is 0 Å². The maximum absolute atomic E-state index is 13.0. The lowest BCUT2D eigenvalue weighted by Crippen LogP contribution is -2.71. The molecule has 0 aliphatic carbocycles. The Morgan fingerprint density at radius 1 is 0.289 bits per heavy atom. The Morgan fingerprint density at radius 2 is 0.619 bits per heavy atom. The predicted octanol–water partition coefficient (Wildman–Crippen LogP) is -17.0. The van der Waals surface area contributed by atoms with Crippen molar-refractivity contribution < 1.29 is 198 Å². The lowest BCUT2D eigenvalue weighted by molar-refractivity contribution is -0.397. The second-order valence-electron chi connectivity index (χ2n) is 24.6. The molecule has 25 N–H and O–H groups in total. The standard InChI is InChI=1S/C54H91N3O40/c1-12-26(66)34(74)38(78)50(85-12)84-11-22-44(31(71)23(47(82)86-22)55-13(2)63)93-48-24(56-14(3)64)32(72)43(20(9-62)90-48)95-53-41(81)45(30(70)21(92-53)10-83-51-39(79)35(75)27(67)16(5-58)87-51)96-54-46(37(77)29(69)18(7-60)89-54)97-49-25(57-15(4)65)33(73)42(19(8-61)91-49)94-52-40(80)36(76)28(68)17(6-59)88-52/h12,16-54,58-62,66-82H,5-11H2,1-4H3,(H,55,63)(H,56,64)(H,57,65)/t12-,16-,17-,18-,19-,20-,21-,22-,23-,24-,25-,26+,27-,28+,29-,30-,31-,32-,33-,34+,35+,36+,37+,38-,39+,40-,41+,42-,43-,44-,45+,46+,47+,48+,49+,50+,51+,52+,53+,54-/m1/s1. The van der Waals surface area contributed by atoms with Crippen LogP contribution >= 0.6 is 0 Å². The Balaban J connectivity index is 1.09. The number of carbonyl (C=O) groups excluding carboxylic acids is 3. The van der Waals surface area contributed by atoms with Gasteiger partial charge in [0.05, 0.1) is 52.4 Å². The minimum atomic E-state index is -2.47. The highest BCUT2D eigenvalue weighted by atomic mass is 16.8. The SMILES string of the molecule is CC(=O)N[C@@H]1[C@@H](O)[C@H](O[C@@H]2O[C@H](CO)[C@@H](O[C@@H]3O[C@H](CO[C@H]4O[C@H](CO)[C@@H](O)[C@H](O)[C@@H]4O)[C@@H](O)[C@H](O[C@H]4O[C@H](CO)[C@@H](O)[C@H](O)[C@@H]4O[C@@H]4O[C@H](CO)[C@@H](O[C@@H]5O[C@H](CO)[C@H](O)[C@H](O)[C@H]5O)[C@H](O)[C@H]4NC(C)=O)[C@@H]3O)[C@H](O)[C@H]2NC(C)=O)[C@@H](CO[C@H]2O[C@H](C)[C@H](O)[C@H](O)[C@H]2O)O[C@@H]1O. The fourth-order valence-electron chi connectivity index (χ4n) is 12.4. The molecule has 8 aliphatic heterocycles. The highest BCUT2D eigenvalue weighted by molar-refractivity contribution is 5.74. The average molecular weight is 1420 g/mol. The fraction of sp³-hybridized carbons (Fsp3) is 0.944. The molecule has 562 valence electrons. The van der Waals surface area contributed by atoms with Crippen LogP contribution in [0.4, 0.5) is 0 Å². The lowest BCUT2D eigenvalue weighted by Gasteiger charge is -2.51. The average Bonchev–Trinajstić information content (AvgIpc) is 0.799. The van der Waals surface area contributed by atoms with Gasteiger partial charge in [0.2, 0.25) is 17.7 Å². The normalized spacial score (nSPS) is 49.9. The molecule has 0 aromatic carbocycles. The van der Waals surface area contributed by atoms with Crippen LogP contribution in [0.5, 0.6) is 0 Å². The summed E-state index contributed by atoms with van der Waals surface area (Å²) < 4.78 is 87.7. The van der Waals surface area contributed by atoms with E-state index in [1.165, 1.54) is 6.92 Å². The van der Waals surface area contributed by atoms with Gasteiger partial charge in [0, 0.05) is 20.8 Å². The van der Waals surface area contributed by atoms with E-state index < -0.39 is 309 Å². The zero-order chi connectivity index (χ0) is 71.5. The van der Waals surface area contributed by atoms with Crippen molar-refractivity contribution in [3.8, 4) is 0 Å². The number of hydrogen-bond acceptors (Lipinski definition) is 40. The van der Waals surface area contributed by atoms with Gasteiger partial charge in [-0.05, 0) is 6.92 Å². The van der Waals surface area contributed by atoms with E-state index >= 15 is 0 Å². The third kappa shape index (κ3) is 17.6. The molecule has 0 radical (unpaired) electrons. The van der Waals surface area contributed by atoms with Gasteiger partial charge in [0.25, 0.3) is 0 Å². The molecule has 3 amide bonds. The second kappa shape index (κ2) is 34.5. The number of nitrogens with one attached hydrogen (secondary N) is 3. The summed E-state index contributed by atoms with van der Waals surface area (Å²) in [5.74, 6) is -2.64. The molecule has 40 atom stereocenters. The van der Waals surface area contributed by atoms with E-state index in [0.29, 0.717) is 0 Å². The highest BCUT2D eigenvalue weighted by Crippen LogP contribution is 2.39. The molecule has 43 heteroatoms. The molecule has 8 rings (SSSR count). The third-order valence-corrected chi connectivity index (χ3v) is 17.8. The molecular formula is C54H91N3O40. The van der Waals surface area contributed by atoms with Gasteiger partial charge in [-0.1, -0.05) is 0 Å². The first kappa shape index (κ1) is 79.6. The van der Waals surface area contributed by atoms with Gasteiger partial charge in [-0.25, -0.2) is 0 Å². The summed E-state index contributed by atoms with van der Waals surface area (Å²) in [6.07, 6.45) is -73.0. The first-order chi connectivity index (χ1) is 45.8. The largest absolute Gasteiger partial charge is 0.394 e. The molecule has 8 heterocycles. The van der Waals surface area contributed by atoms with Gasteiger partial charge < -0.3 is 199 Å². The summed E-state index contributed by atoms with van der Waals surface area (Å²) in [5, 5.41) is 248. The third-order valence-electron chi connectivity index (χ3n) is 17.8. The summed E-state index contributed by atoms with van der Waals surface area (Å²) in [4.78, 5) is 38.1. The van der Waals surface area contributed by atoms with Gasteiger partial charge in [-0.15, -0.1) is 0 Å². The maximum atomic E-state index is 13.0. The van der Waals surface area contributed by atoms with Crippen molar-refractivity contribution in [1.29, 1.82) is 0 Å². The quantitative estimate of drug-likeness (QED) is 0.0427. The number of rotatable bonds is 24. The van der Waals surface area contributed by atoms with Crippen LogP contribution in [0.1, 0.15) is 27.7 Å². The number of hydrogen-bond donors (Lipinski definition) is 25. The molecular weight excluding hydrogens is 1330 g/mol. The van der Waals surface area contributed by atoms with Crippen molar-refractivity contribution in [2.45, 2.75) is 273 Å². The molecule has 97 heavy (non-hydrogen) atoms. The van der Waals surface area contributed by atoms with Crippen LogP contribution in [0, 0.1) is 0 Å².